The van der Waals surface area contributed by atoms with Crippen LogP contribution in [0.15, 0.2) is 0 Å². The molecule has 24 heavy (non-hydrogen) atoms. The van der Waals surface area contributed by atoms with Gasteiger partial charge in [-0.3, -0.25) is 14.4 Å². The number of nitrogens with zero attached hydrogens (tertiary/aromatic N) is 3. The first kappa shape index (κ1) is 18.7. The smallest absolute Gasteiger partial charge is 0.228 e. The molecule has 2 aliphatic heterocycles. The summed E-state index contributed by atoms with van der Waals surface area (Å²) in [7, 11) is 0. The number of rotatable bonds is 3. The third-order valence-corrected chi connectivity index (χ3v) is 4.76. The molecule has 0 N–H and O–H groups in total. The van der Waals surface area contributed by atoms with Crippen LogP contribution < -0.4 is 0 Å². The van der Waals surface area contributed by atoms with Gasteiger partial charge in [-0.05, 0) is 19.3 Å². The highest BCUT2D eigenvalue weighted by atomic mass is 16.2. The van der Waals surface area contributed by atoms with E-state index in [9.17, 15) is 14.4 Å². The maximum Gasteiger partial charge on any atom is 0.228 e. The molecule has 0 aromatic carbocycles. The first-order valence-corrected chi connectivity index (χ1v) is 8.94. The van der Waals surface area contributed by atoms with Crippen molar-refractivity contribution >= 4 is 17.7 Å². The van der Waals surface area contributed by atoms with Gasteiger partial charge in [-0.15, -0.1) is 0 Å². The molecule has 0 spiro atoms. The highest BCUT2D eigenvalue weighted by molar-refractivity contribution is 5.89. The molecule has 0 aliphatic carbocycles. The minimum absolute atomic E-state index is 0.0193. The van der Waals surface area contributed by atoms with E-state index in [-0.39, 0.29) is 35.1 Å². The van der Waals surface area contributed by atoms with Gasteiger partial charge < -0.3 is 14.7 Å². The lowest BCUT2D eigenvalue weighted by Crippen LogP contribution is -2.52. The summed E-state index contributed by atoms with van der Waals surface area (Å²) in [5, 5.41) is 0. The van der Waals surface area contributed by atoms with Crippen molar-refractivity contribution in [2.75, 3.05) is 32.7 Å². The van der Waals surface area contributed by atoms with Gasteiger partial charge in [0.25, 0.3) is 0 Å². The Hall–Kier alpha value is -1.59. The summed E-state index contributed by atoms with van der Waals surface area (Å²) in [6, 6.07) is 0.141. The SMILES string of the molecule is CC(C)N1CC(C(=O)N2CCN(C(=O)CC(C)(C)C)CC2)CC1=O. The molecule has 136 valence electrons. The minimum Gasteiger partial charge on any atom is -0.339 e. The second-order valence-electron chi connectivity index (χ2n) is 8.48. The maximum atomic E-state index is 12.7. The van der Waals surface area contributed by atoms with Crippen LogP contribution in [0.1, 0.15) is 47.5 Å². The Morgan fingerprint density at radius 2 is 1.62 bits per heavy atom. The van der Waals surface area contributed by atoms with Gasteiger partial charge in [0.05, 0.1) is 5.92 Å². The van der Waals surface area contributed by atoms with Crippen LogP contribution in [0.4, 0.5) is 0 Å². The Balaban J connectivity index is 1.85. The molecule has 2 aliphatic rings. The third kappa shape index (κ3) is 4.48. The number of hydrogen-bond acceptors (Lipinski definition) is 3. The Morgan fingerprint density at radius 1 is 1.08 bits per heavy atom. The van der Waals surface area contributed by atoms with Crippen LogP contribution >= 0.6 is 0 Å². The van der Waals surface area contributed by atoms with E-state index in [1.807, 2.05) is 23.6 Å². The summed E-state index contributed by atoms with van der Waals surface area (Å²) >= 11 is 0. The molecule has 6 nitrogen and oxygen atoms in total. The predicted octanol–water partition coefficient (Wildman–Crippen LogP) is 1.35. The molecule has 0 aromatic rings. The van der Waals surface area contributed by atoms with E-state index < -0.39 is 0 Å². The molecular formula is C18H31N3O3. The normalized spacial score (nSPS) is 22.5. The van der Waals surface area contributed by atoms with Gasteiger partial charge in [-0.1, -0.05) is 20.8 Å². The fraction of sp³-hybridized carbons (Fsp3) is 0.833. The topological polar surface area (TPSA) is 60.9 Å². The van der Waals surface area contributed by atoms with E-state index in [0.717, 1.165) is 0 Å². The Morgan fingerprint density at radius 3 is 2.08 bits per heavy atom. The van der Waals surface area contributed by atoms with Crippen LogP contribution in [0.5, 0.6) is 0 Å². The number of hydrogen-bond donors (Lipinski definition) is 0. The van der Waals surface area contributed by atoms with Crippen LogP contribution in [0.2, 0.25) is 0 Å². The minimum atomic E-state index is -0.225. The number of amides is 3. The van der Waals surface area contributed by atoms with E-state index in [1.54, 1.807) is 4.90 Å². The van der Waals surface area contributed by atoms with Crippen LogP contribution in [0.3, 0.4) is 0 Å². The molecule has 1 atom stereocenters. The highest BCUT2D eigenvalue weighted by Crippen LogP contribution is 2.24. The van der Waals surface area contributed by atoms with Gasteiger partial charge in [-0.2, -0.15) is 0 Å². The first-order valence-electron chi connectivity index (χ1n) is 8.94. The van der Waals surface area contributed by atoms with Crippen LogP contribution in [0, 0.1) is 11.3 Å². The molecule has 2 fully saturated rings. The largest absolute Gasteiger partial charge is 0.339 e. The molecule has 0 saturated carbocycles. The van der Waals surface area contributed by atoms with Gasteiger partial charge in [0.1, 0.15) is 0 Å². The second kappa shape index (κ2) is 7.11. The van der Waals surface area contributed by atoms with Crippen molar-refractivity contribution in [1.82, 2.24) is 14.7 Å². The molecular weight excluding hydrogens is 306 g/mol. The van der Waals surface area contributed by atoms with E-state index in [2.05, 4.69) is 20.8 Å². The highest BCUT2D eigenvalue weighted by Gasteiger charge is 2.38. The molecule has 2 rings (SSSR count). The van der Waals surface area contributed by atoms with Crippen molar-refractivity contribution in [3.8, 4) is 0 Å². The molecule has 0 bridgehead atoms. The zero-order chi connectivity index (χ0) is 18.1. The first-order chi connectivity index (χ1) is 11.1. The summed E-state index contributed by atoms with van der Waals surface area (Å²) in [6.07, 6.45) is 0.849. The lowest BCUT2D eigenvalue weighted by atomic mass is 9.91. The number of carbonyl (C=O) groups is 3. The van der Waals surface area contributed by atoms with Gasteiger partial charge in [0.2, 0.25) is 17.7 Å². The van der Waals surface area contributed by atoms with E-state index in [4.69, 9.17) is 0 Å². The quantitative estimate of drug-likeness (QED) is 0.781. The summed E-state index contributed by atoms with van der Waals surface area (Å²) in [5.74, 6) is 0.0742. The fourth-order valence-corrected chi connectivity index (χ4v) is 3.40. The van der Waals surface area contributed by atoms with Crippen LogP contribution in [0.25, 0.3) is 0 Å². The molecule has 6 heteroatoms. The van der Waals surface area contributed by atoms with E-state index in [0.29, 0.717) is 45.6 Å². The standard InChI is InChI=1S/C18H31N3O3/c1-13(2)21-12-14(10-15(21)22)17(24)20-8-6-19(7-9-20)16(23)11-18(3,4)5/h13-14H,6-12H2,1-5H3. The van der Waals surface area contributed by atoms with Crippen molar-refractivity contribution in [3.63, 3.8) is 0 Å². The Bertz CT molecular complexity index is 502. The van der Waals surface area contributed by atoms with Crippen molar-refractivity contribution in [3.05, 3.63) is 0 Å². The van der Waals surface area contributed by atoms with E-state index >= 15 is 0 Å². The van der Waals surface area contributed by atoms with Crippen LogP contribution in [-0.4, -0.2) is 71.2 Å². The average molecular weight is 337 g/mol. The third-order valence-electron chi connectivity index (χ3n) is 4.76. The average Bonchev–Trinajstić information content (AvgIpc) is 2.87. The fourth-order valence-electron chi connectivity index (χ4n) is 3.40. The number of piperazine rings is 1. The molecule has 1 unspecified atom stereocenters. The molecule has 0 radical (unpaired) electrons. The van der Waals surface area contributed by atoms with Crippen LogP contribution in [-0.2, 0) is 14.4 Å². The lowest BCUT2D eigenvalue weighted by molar-refractivity contribution is -0.142. The van der Waals surface area contributed by atoms with Crippen molar-refractivity contribution in [2.24, 2.45) is 11.3 Å². The predicted molar refractivity (Wildman–Crippen MR) is 92.2 cm³/mol. The van der Waals surface area contributed by atoms with E-state index in [1.165, 1.54) is 0 Å². The summed E-state index contributed by atoms with van der Waals surface area (Å²) in [6.45, 7) is 13.0. The molecule has 0 aromatic heterocycles. The van der Waals surface area contributed by atoms with Gasteiger partial charge >= 0.3 is 0 Å². The maximum absolute atomic E-state index is 12.7. The Labute approximate surface area is 145 Å². The van der Waals surface area contributed by atoms with Gasteiger partial charge in [0, 0.05) is 51.6 Å². The lowest BCUT2D eigenvalue weighted by Gasteiger charge is -2.37. The zero-order valence-corrected chi connectivity index (χ0v) is 15.7. The molecule has 2 saturated heterocycles. The molecule has 2 heterocycles. The number of likely N-dealkylation sites (tertiary alicyclic amines) is 1. The Kier molecular flexibility index (Phi) is 5.56. The summed E-state index contributed by atoms with van der Waals surface area (Å²) in [5.41, 5.74) is -0.0193. The monoisotopic (exact) mass is 337 g/mol. The summed E-state index contributed by atoms with van der Waals surface area (Å²) < 4.78 is 0. The zero-order valence-electron chi connectivity index (χ0n) is 15.7. The van der Waals surface area contributed by atoms with Gasteiger partial charge in [-0.25, -0.2) is 0 Å². The van der Waals surface area contributed by atoms with Crippen molar-refractivity contribution in [1.29, 1.82) is 0 Å². The molecule has 3 amide bonds. The second-order valence-corrected chi connectivity index (χ2v) is 8.48. The summed E-state index contributed by atoms with van der Waals surface area (Å²) in [4.78, 5) is 42.4. The number of carbonyl (C=O) groups excluding carboxylic acids is 3. The van der Waals surface area contributed by atoms with Gasteiger partial charge in [0.15, 0.2) is 0 Å². The van der Waals surface area contributed by atoms with Crippen molar-refractivity contribution in [2.45, 2.75) is 53.5 Å². The van der Waals surface area contributed by atoms with Crippen molar-refractivity contribution < 1.29 is 14.4 Å².